The fraction of sp³-hybridized carbons (Fsp3) is 1.00. The Morgan fingerprint density at radius 1 is 1.36 bits per heavy atom. The van der Waals surface area contributed by atoms with Crippen molar-refractivity contribution in [1.29, 1.82) is 0 Å². The average molecular weight is 321 g/mol. The molecule has 1 N–H and O–H groups in total. The van der Waals surface area contributed by atoms with Crippen LogP contribution in [-0.4, -0.2) is 11.2 Å². The molecule has 10 heteroatoms. The van der Waals surface area contributed by atoms with E-state index in [-0.39, 0.29) is 33.4 Å². The summed E-state index contributed by atoms with van der Waals surface area (Å²) >= 11 is 4.55. The molecule has 0 aromatic carbocycles. The van der Waals surface area contributed by atoms with Crippen molar-refractivity contribution in [1.82, 2.24) is 0 Å². The van der Waals surface area contributed by atoms with Crippen LogP contribution in [0, 0.1) is 0 Å². The summed E-state index contributed by atoms with van der Waals surface area (Å²) in [5.41, 5.74) is 0. The van der Waals surface area contributed by atoms with Gasteiger partial charge in [-0.15, -0.1) is 0 Å². The molecule has 0 fully saturated rings. The van der Waals surface area contributed by atoms with Gasteiger partial charge in [0.25, 0.3) is 0 Å². The van der Waals surface area contributed by atoms with E-state index in [2.05, 4.69) is 15.9 Å². The van der Waals surface area contributed by atoms with Crippen molar-refractivity contribution in [2.24, 2.45) is 0 Å². The van der Waals surface area contributed by atoms with Gasteiger partial charge >= 0.3 is 43.8 Å². The Morgan fingerprint density at radius 2 is 1.55 bits per heavy atom. The molecular formula is CH3CdClO6P2+2. The molecule has 60 valence electrons. The SMILES string of the molecule is O=[P+]([O-])O[P+](=O)[O-].OCCl.[Cd+2]. The molecule has 0 aliphatic carbocycles. The first-order valence-electron chi connectivity index (χ1n) is 1.68. The van der Waals surface area contributed by atoms with Gasteiger partial charge in [0.1, 0.15) is 10.4 Å². The van der Waals surface area contributed by atoms with Crippen LogP contribution in [-0.2, 0) is 40.7 Å². The minimum absolute atomic E-state index is 0. The summed E-state index contributed by atoms with van der Waals surface area (Å²) in [7, 11) is -6.47. The van der Waals surface area contributed by atoms with Crippen LogP contribution in [0.1, 0.15) is 0 Å². The van der Waals surface area contributed by atoms with E-state index in [9.17, 15) is 18.9 Å². The first kappa shape index (κ1) is 18.1. The van der Waals surface area contributed by atoms with E-state index in [1.807, 2.05) is 0 Å². The number of hydrogen-bond donors (Lipinski definition) is 1. The minimum Gasteiger partial charge on any atom is -0.563 e. The van der Waals surface area contributed by atoms with E-state index in [1.165, 1.54) is 0 Å². The largest absolute Gasteiger partial charge is 2.00 e. The molecule has 2 unspecified atom stereocenters. The van der Waals surface area contributed by atoms with Crippen LogP contribution in [0.2, 0.25) is 0 Å². The van der Waals surface area contributed by atoms with Crippen molar-refractivity contribution in [3.8, 4) is 0 Å². The van der Waals surface area contributed by atoms with Gasteiger partial charge < -0.3 is 14.9 Å². The van der Waals surface area contributed by atoms with Gasteiger partial charge in [0.05, 0.1) is 0 Å². The van der Waals surface area contributed by atoms with Crippen LogP contribution < -0.4 is 9.79 Å². The van der Waals surface area contributed by atoms with Crippen molar-refractivity contribution in [2.75, 3.05) is 6.07 Å². The average Bonchev–Trinajstić information content (AvgIpc) is 1.62. The molecule has 0 bridgehead atoms. The minimum atomic E-state index is -3.24. The molecule has 0 amide bonds. The molecule has 0 aromatic heterocycles. The number of halogens is 1. The third kappa shape index (κ3) is 34.9. The van der Waals surface area contributed by atoms with Crippen LogP contribution in [0.3, 0.4) is 0 Å². The summed E-state index contributed by atoms with van der Waals surface area (Å²) in [4.78, 5) is 18.5. The van der Waals surface area contributed by atoms with Gasteiger partial charge in [-0.25, -0.2) is 0 Å². The van der Waals surface area contributed by atoms with Crippen LogP contribution in [0.5, 0.6) is 0 Å². The summed E-state index contributed by atoms with van der Waals surface area (Å²) in [5, 5.41) is 7.33. The Hall–Kier alpha value is 1.25. The van der Waals surface area contributed by atoms with Crippen molar-refractivity contribution in [3.63, 3.8) is 0 Å². The van der Waals surface area contributed by atoms with Crippen LogP contribution in [0.4, 0.5) is 0 Å². The Morgan fingerprint density at radius 3 is 1.55 bits per heavy atom. The summed E-state index contributed by atoms with van der Waals surface area (Å²) < 4.78 is 21.6. The maximum Gasteiger partial charge on any atom is 2.00 e. The van der Waals surface area contributed by atoms with Gasteiger partial charge in [0.2, 0.25) is 0 Å². The molecule has 2 atom stereocenters. The Labute approximate surface area is 89.6 Å². The third-order valence-corrected chi connectivity index (χ3v) is 1.20. The maximum atomic E-state index is 9.24. The smallest absolute Gasteiger partial charge is 0.563 e. The van der Waals surface area contributed by atoms with Crippen LogP contribution in [0.25, 0.3) is 0 Å². The van der Waals surface area contributed by atoms with Gasteiger partial charge in [0, 0.05) is 0 Å². The summed E-state index contributed by atoms with van der Waals surface area (Å²) in [5.74, 6) is 0. The zero-order valence-electron chi connectivity index (χ0n) is 5.18. The second-order valence-electron chi connectivity index (χ2n) is 0.648. The van der Waals surface area contributed by atoms with E-state index in [0.717, 1.165) is 0 Å². The molecule has 0 saturated heterocycles. The van der Waals surface area contributed by atoms with Crippen molar-refractivity contribution >= 4 is 28.1 Å². The summed E-state index contributed by atoms with van der Waals surface area (Å²) in [6.45, 7) is 0. The fourth-order valence-corrected chi connectivity index (χ4v) is 0.490. The zero-order valence-corrected chi connectivity index (χ0v) is 11.8. The van der Waals surface area contributed by atoms with Gasteiger partial charge in [-0.05, 0) is 9.13 Å². The van der Waals surface area contributed by atoms with E-state index in [0.29, 0.717) is 0 Å². The quantitative estimate of drug-likeness (QED) is 0.405. The Kier molecular flexibility index (Phi) is 22.8. The van der Waals surface area contributed by atoms with E-state index >= 15 is 0 Å². The second-order valence-corrected chi connectivity index (χ2v) is 2.44. The molecular weight excluding hydrogens is 318 g/mol. The predicted molar refractivity (Wildman–Crippen MR) is 29.2 cm³/mol. The zero-order chi connectivity index (χ0) is 8.57. The third-order valence-electron chi connectivity index (χ3n) is 0.133. The monoisotopic (exact) mass is 322 g/mol. The molecule has 0 spiro atoms. The van der Waals surface area contributed by atoms with E-state index in [1.54, 1.807) is 0 Å². The van der Waals surface area contributed by atoms with Crippen LogP contribution in [0.15, 0.2) is 0 Å². The molecule has 0 radical (unpaired) electrons. The van der Waals surface area contributed by atoms with E-state index in [4.69, 9.17) is 5.11 Å². The number of hydrogen-bond acceptors (Lipinski definition) is 6. The number of rotatable bonds is 2. The van der Waals surface area contributed by atoms with Crippen LogP contribution >= 0.6 is 28.1 Å². The standard InChI is InChI=1S/CH3ClO.Cd.O5P2/c2-1-3;;1-6(2)5-7(3)4/h3H,1H2;;/q;+2;. The first-order valence-corrected chi connectivity index (χ1v) is 4.40. The molecule has 0 rings (SSSR count). The Balaban J connectivity index is -0.000000140. The van der Waals surface area contributed by atoms with Gasteiger partial charge in [0.15, 0.2) is 0 Å². The normalized spacial score (nSPS) is 10.2. The van der Waals surface area contributed by atoms with Crippen molar-refractivity contribution in [2.45, 2.75) is 0 Å². The van der Waals surface area contributed by atoms with Crippen molar-refractivity contribution < 1.29 is 55.6 Å². The molecule has 0 aliphatic heterocycles. The summed E-state index contributed by atoms with van der Waals surface area (Å²) in [6, 6.07) is -0.278. The predicted octanol–water partition coefficient (Wildman–Crippen LogP) is -0.789. The summed E-state index contributed by atoms with van der Waals surface area (Å²) in [6.07, 6.45) is 0. The van der Waals surface area contributed by atoms with Gasteiger partial charge in [-0.2, -0.15) is 0 Å². The van der Waals surface area contributed by atoms with E-state index < -0.39 is 16.5 Å². The maximum absolute atomic E-state index is 9.24. The van der Waals surface area contributed by atoms with Crippen molar-refractivity contribution in [3.05, 3.63) is 0 Å². The second kappa shape index (κ2) is 13.8. The molecule has 0 aromatic rings. The van der Waals surface area contributed by atoms with Gasteiger partial charge in [-0.3, -0.25) is 0 Å². The Bertz CT molecular complexity index is 107. The topological polar surface area (TPSA) is 110 Å². The molecule has 0 heterocycles. The fourth-order valence-electron chi connectivity index (χ4n) is 0.0544. The molecule has 6 nitrogen and oxygen atoms in total. The number of aliphatic hydroxyl groups is 1. The molecule has 11 heavy (non-hydrogen) atoms. The molecule has 0 aliphatic rings. The number of alkyl halides is 1. The first-order chi connectivity index (χ1) is 4.54. The molecule has 0 saturated carbocycles. The van der Waals surface area contributed by atoms with Gasteiger partial charge in [-0.1, -0.05) is 11.6 Å². The number of aliphatic hydroxyl groups excluding tert-OH is 1.